The smallest absolute Gasteiger partial charge is 0.207 e. The van der Waals surface area contributed by atoms with E-state index in [1.165, 1.54) is 22.5 Å². The molecule has 1 heterocycles. The van der Waals surface area contributed by atoms with Gasteiger partial charge in [0.25, 0.3) is 0 Å². The first-order valence-electron chi connectivity index (χ1n) is 8.63. The molecule has 0 atom stereocenters. The molecule has 0 saturated heterocycles. The molecule has 2 aromatic carbocycles. The van der Waals surface area contributed by atoms with Crippen LogP contribution in [0.15, 0.2) is 36.4 Å². The molecule has 0 amide bonds. The van der Waals surface area contributed by atoms with E-state index in [1.807, 2.05) is 45.0 Å². The van der Waals surface area contributed by atoms with E-state index in [9.17, 15) is 4.79 Å². The summed E-state index contributed by atoms with van der Waals surface area (Å²) in [5.41, 5.74) is 12.1. The average Bonchev–Trinajstić information content (AvgIpc) is 2.98. The number of benzene rings is 2. The van der Waals surface area contributed by atoms with Crippen LogP contribution in [-0.4, -0.2) is 10.8 Å². The van der Waals surface area contributed by atoms with Crippen molar-refractivity contribution in [3.63, 3.8) is 0 Å². The van der Waals surface area contributed by atoms with E-state index in [0.29, 0.717) is 15.6 Å². The number of carbonyl (C=O) groups is 1. The summed E-state index contributed by atoms with van der Waals surface area (Å²) in [6.07, 6.45) is 0.964. The van der Waals surface area contributed by atoms with Gasteiger partial charge in [-0.15, -0.1) is 0 Å². The van der Waals surface area contributed by atoms with Crippen molar-refractivity contribution in [1.82, 2.24) is 4.98 Å². The van der Waals surface area contributed by atoms with E-state index >= 15 is 0 Å². The van der Waals surface area contributed by atoms with Crippen LogP contribution in [0.4, 0.5) is 16.6 Å². The number of nitrogens with one attached hydrogen (secondary N) is 1. The Morgan fingerprint density at radius 1 is 1.12 bits per heavy atom. The molecule has 3 N–H and O–H groups in total. The molecular formula is C21H23N3OS. The zero-order valence-corrected chi connectivity index (χ0v) is 16.3. The Morgan fingerprint density at radius 2 is 1.85 bits per heavy atom. The molecule has 26 heavy (non-hydrogen) atoms. The number of aromatic nitrogens is 1. The quantitative estimate of drug-likeness (QED) is 0.611. The van der Waals surface area contributed by atoms with Gasteiger partial charge in [0.15, 0.2) is 5.13 Å². The van der Waals surface area contributed by atoms with Gasteiger partial charge in [-0.25, -0.2) is 4.98 Å². The molecule has 0 spiro atoms. The number of ketones is 1. The van der Waals surface area contributed by atoms with Crippen LogP contribution >= 0.6 is 11.3 Å². The van der Waals surface area contributed by atoms with Gasteiger partial charge in [-0.1, -0.05) is 36.5 Å². The molecule has 0 fully saturated rings. The fraction of sp³-hybridized carbons (Fsp3) is 0.238. The molecule has 0 bridgehead atoms. The number of hydrogen-bond acceptors (Lipinski definition) is 5. The summed E-state index contributed by atoms with van der Waals surface area (Å²) in [7, 11) is 0. The van der Waals surface area contributed by atoms with E-state index in [2.05, 4.69) is 29.4 Å². The van der Waals surface area contributed by atoms with Crippen LogP contribution in [0.25, 0.3) is 0 Å². The molecule has 0 saturated carbocycles. The molecular weight excluding hydrogens is 342 g/mol. The van der Waals surface area contributed by atoms with E-state index in [4.69, 9.17) is 5.73 Å². The van der Waals surface area contributed by atoms with Gasteiger partial charge >= 0.3 is 0 Å². The van der Waals surface area contributed by atoms with Gasteiger partial charge < -0.3 is 11.1 Å². The number of aryl methyl sites for hydroxylation is 4. The zero-order valence-electron chi connectivity index (χ0n) is 15.5. The summed E-state index contributed by atoms with van der Waals surface area (Å²) >= 11 is 1.29. The lowest BCUT2D eigenvalue weighted by atomic mass is 9.97. The summed E-state index contributed by atoms with van der Waals surface area (Å²) in [5.74, 6) is 0.197. The van der Waals surface area contributed by atoms with Crippen LogP contribution in [0.3, 0.4) is 0 Å². The van der Waals surface area contributed by atoms with E-state index < -0.39 is 0 Å². The van der Waals surface area contributed by atoms with Crippen molar-refractivity contribution < 1.29 is 4.79 Å². The summed E-state index contributed by atoms with van der Waals surface area (Å²) in [6, 6.07) is 12.1. The second-order valence-corrected chi connectivity index (χ2v) is 7.49. The zero-order chi connectivity index (χ0) is 18.8. The maximum atomic E-state index is 13.0. The Labute approximate surface area is 158 Å². The van der Waals surface area contributed by atoms with Crippen molar-refractivity contribution in [1.29, 1.82) is 0 Å². The number of nitrogens with two attached hydrogens (primary N) is 1. The minimum Gasteiger partial charge on any atom is -0.382 e. The highest BCUT2D eigenvalue weighted by atomic mass is 32.1. The van der Waals surface area contributed by atoms with Crippen molar-refractivity contribution >= 4 is 33.8 Å². The number of hydrogen-bond donors (Lipinski definition) is 2. The Morgan fingerprint density at radius 3 is 2.58 bits per heavy atom. The summed E-state index contributed by atoms with van der Waals surface area (Å²) in [5, 5.41) is 3.88. The largest absolute Gasteiger partial charge is 0.382 e. The second-order valence-electron chi connectivity index (χ2n) is 6.49. The average molecular weight is 366 g/mol. The van der Waals surface area contributed by atoms with Crippen LogP contribution in [0.1, 0.15) is 44.4 Å². The molecule has 0 aliphatic heterocycles. The molecule has 5 heteroatoms. The number of carbonyl (C=O) groups excluding carboxylic acids is 1. The van der Waals surface area contributed by atoms with Gasteiger partial charge in [0.05, 0.1) is 0 Å². The first-order valence-corrected chi connectivity index (χ1v) is 9.45. The lowest BCUT2D eigenvalue weighted by Gasteiger charge is -2.08. The minimum atomic E-state index is -0.0732. The van der Waals surface area contributed by atoms with Crippen molar-refractivity contribution in [3.05, 3.63) is 69.1 Å². The third-order valence-corrected chi connectivity index (χ3v) is 5.52. The van der Waals surface area contributed by atoms with Crippen molar-refractivity contribution in [2.24, 2.45) is 0 Å². The third-order valence-electron chi connectivity index (χ3n) is 4.53. The highest BCUT2D eigenvalue weighted by Gasteiger charge is 2.20. The first-order chi connectivity index (χ1) is 12.4. The molecule has 0 aliphatic rings. The number of rotatable bonds is 5. The van der Waals surface area contributed by atoms with Gasteiger partial charge in [0.2, 0.25) is 5.78 Å². The molecule has 134 valence electrons. The van der Waals surface area contributed by atoms with E-state index in [1.54, 1.807) is 0 Å². The molecule has 0 aliphatic carbocycles. The Balaban J connectivity index is 1.90. The molecule has 0 unspecified atom stereocenters. The standard InChI is InChI=1S/C21H23N3OS/c1-5-15-7-6-8-16(11-15)23-21-24-20(22)19(26-21)18(25)17-10-13(3)12(2)9-14(17)4/h6-11H,5,22H2,1-4H3,(H,23,24). The highest BCUT2D eigenvalue weighted by molar-refractivity contribution is 7.18. The van der Waals surface area contributed by atoms with Crippen molar-refractivity contribution in [2.75, 3.05) is 11.1 Å². The first kappa shape index (κ1) is 18.1. The fourth-order valence-corrected chi connectivity index (χ4v) is 3.73. The highest BCUT2D eigenvalue weighted by Crippen LogP contribution is 2.31. The molecule has 1 aromatic heterocycles. The predicted octanol–water partition coefficient (Wildman–Crippen LogP) is 5.19. The Bertz CT molecular complexity index is 975. The fourth-order valence-electron chi connectivity index (χ4n) is 2.87. The van der Waals surface area contributed by atoms with Gasteiger partial charge in [-0.05, 0) is 67.6 Å². The SMILES string of the molecule is CCc1cccc(Nc2nc(N)c(C(=O)c3cc(C)c(C)cc3C)s2)c1. The van der Waals surface area contributed by atoms with E-state index in [-0.39, 0.29) is 11.6 Å². The maximum Gasteiger partial charge on any atom is 0.207 e. The van der Waals surface area contributed by atoms with Crippen LogP contribution in [0.5, 0.6) is 0 Å². The summed E-state index contributed by atoms with van der Waals surface area (Å²) < 4.78 is 0. The predicted molar refractivity (Wildman–Crippen MR) is 110 cm³/mol. The van der Waals surface area contributed by atoms with Crippen molar-refractivity contribution in [3.8, 4) is 0 Å². The molecule has 3 aromatic rings. The van der Waals surface area contributed by atoms with E-state index in [0.717, 1.165) is 23.2 Å². The number of thiazole rings is 1. The second kappa shape index (κ2) is 7.30. The van der Waals surface area contributed by atoms with Crippen LogP contribution in [-0.2, 0) is 6.42 Å². The lowest BCUT2D eigenvalue weighted by molar-refractivity contribution is 0.104. The normalized spacial score (nSPS) is 10.8. The van der Waals surface area contributed by atoms with Crippen LogP contribution in [0, 0.1) is 20.8 Å². The summed E-state index contributed by atoms with van der Waals surface area (Å²) in [4.78, 5) is 17.8. The topological polar surface area (TPSA) is 68.0 Å². The number of anilines is 3. The minimum absolute atomic E-state index is 0.0732. The van der Waals surface area contributed by atoms with Crippen molar-refractivity contribution in [2.45, 2.75) is 34.1 Å². The number of nitrogens with zero attached hydrogens (tertiary/aromatic N) is 1. The number of nitrogen functional groups attached to an aromatic ring is 1. The van der Waals surface area contributed by atoms with Gasteiger partial charge in [0, 0.05) is 11.3 Å². The van der Waals surface area contributed by atoms with Gasteiger partial charge in [0.1, 0.15) is 10.7 Å². The lowest BCUT2D eigenvalue weighted by Crippen LogP contribution is -2.05. The monoisotopic (exact) mass is 365 g/mol. The molecule has 3 rings (SSSR count). The summed E-state index contributed by atoms with van der Waals surface area (Å²) in [6.45, 7) is 8.12. The maximum absolute atomic E-state index is 13.0. The Hall–Kier alpha value is -2.66. The van der Waals surface area contributed by atoms with Gasteiger partial charge in [-0.3, -0.25) is 4.79 Å². The molecule has 0 radical (unpaired) electrons. The van der Waals surface area contributed by atoms with Gasteiger partial charge in [-0.2, -0.15) is 0 Å². The van der Waals surface area contributed by atoms with Crippen LogP contribution in [0.2, 0.25) is 0 Å². The Kier molecular flexibility index (Phi) is 5.09. The van der Waals surface area contributed by atoms with Crippen LogP contribution < -0.4 is 11.1 Å². The third kappa shape index (κ3) is 3.63. The molecule has 4 nitrogen and oxygen atoms in total.